The number of hydrogen-bond donors (Lipinski definition) is 1. The van der Waals surface area contributed by atoms with E-state index in [0.29, 0.717) is 6.07 Å². The average molecular weight is 417 g/mol. The quantitative estimate of drug-likeness (QED) is 0.729. The van der Waals surface area contributed by atoms with E-state index in [1.807, 2.05) is 0 Å². The van der Waals surface area contributed by atoms with Crippen molar-refractivity contribution >= 4 is 0 Å². The number of hydrogen-bond acceptors (Lipinski definition) is 3. The number of benzene rings is 2. The summed E-state index contributed by atoms with van der Waals surface area (Å²) in [5, 5.41) is 18.4. The lowest BCUT2D eigenvalue weighted by atomic mass is 9.79. The van der Waals surface area contributed by atoms with Gasteiger partial charge in [-0.15, -0.1) is 0 Å². The molecule has 2 aliphatic rings. The lowest BCUT2D eigenvalue weighted by Crippen LogP contribution is -2.55. The van der Waals surface area contributed by atoms with Crippen LogP contribution in [0.3, 0.4) is 0 Å². The van der Waals surface area contributed by atoms with Crippen molar-refractivity contribution in [2.24, 2.45) is 0 Å². The van der Waals surface area contributed by atoms with Crippen LogP contribution in [0.25, 0.3) is 0 Å². The average Bonchev–Trinajstić information content (AvgIpc) is 2.97. The topological polar surface area (TPSA) is 53.2 Å². The van der Waals surface area contributed by atoms with E-state index in [-0.39, 0.29) is 11.3 Å². The van der Waals surface area contributed by atoms with Crippen LogP contribution in [0, 0.1) is 17.1 Å². The fraction of sp³-hybridized carbons (Fsp3) is 0.316. The van der Waals surface area contributed by atoms with Crippen LogP contribution in [0.1, 0.15) is 28.4 Å². The van der Waals surface area contributed by atoms with Gasteiger partial charge in [0, 0.05) is 17.2 Å². The monoisotopic (exact) mass is 417 g/mol. The van der Waals surface area contributed by atoms with Crippen LogP contribution < -0.4 is 4.74 Å². The normalized spacial score (nSPS) is 28.1. The van der Waals surface area contributed by atoms with E-state index in [4.69, 9.17) is 10.00 Å². The summed E-state index contributed by atoms with van der Waals surface area (Å²) in [4.78, 5) is 0. The Labute approximate surface area is 158 Å². The van der Waals surface area contributed by atoms with Gasteiger partial charge in [-0.25, -0.2) is 13.2 Å². The SMILES string of the molecule is N#Cc1cc(F)cc(Oc2ccc3c4c2[C@@H](F)[C@@H](F)[C@]4(CO)C(F)(F)C3(F)F)c1. The van der Waals surface area contributed by atoms with Gasteiger partial charge in [0.05, 0.1) is 18.2 Å². The third kappa shape index (κ3) is 2.16. The summed E-state index contributed by atoms with van der Waals surface area (Å²) in [5.41, 5.74) is -6.92. The van der Waals surface area contributed by atoms with Gasteiger partial charge in [-0.2, -0.15) is 22.8 Å². The summed E-state index contributed by atoms with van der Waals surface area (Å²) in [6, 6.07) is 5.61. The molecule has 4 rings (SSSR count). The van der Waals surface area contributed by atoms with E-state index in [2.05, 4.69) is 0 Å². The molecule has 2 aromatic carbocycles. The van der Waals surface area contributed by atoms with Gasteiger partial charge in [0.2, 0.25) is 0 Å². The summed E-state index contributed by atoms with van der Waals surface area (Å²) in [5.74, 6) is -11.8. The Kier molecular flexibility index (Phi) is 3.94. The van der Waals surface area contributed by atoms with Gasteiger partial charge in [0.25, 0.3) is 0 Å². The smallest absolute Gasteiger partial charge is 0.336 e. The molecule has 0 amide bonds. The van der Waals surface area contributed by atoms with Crippen molar-refractivity contribution < 1.29 is 40.6 Å². The predicted octanol–water partition coefficient (Wildman–Crippen LogP) is 4.82. The Hall–Kier alpha value is -2.80. The molecular weight excluding hydrogens is 407 g/mol. The molecule has 0 saturated heterocycles. The van der Waals surface area contributed by atoms with Crippen molar-refractivity contribution in [3.63, 3.8) is 0 Å². The van der Waals surface area contributed by atoms with E-state index < -0.39 is 64.5 Å². The van der Waals surface area contributed by atoms with Crippen LogP contribution in [0.4, 0.5) is 30.7 Å². The molecule has 10 heteroatoms. The van der Waals surface area contributed by atoms with Gasteiger partial charge in [0.1, 0.15) is 22.7 Å². The molecule has 3 atom stereocenters. The molecule has 0 radical (unpaired) electrons. The van der Waals surface area contributed by atoms with Gasteiger partial charge < -0.3 is 9.84 Å². The number of halogens is 7. The maximum atomic E-state index is 14.7. The number of aliphatic hydroxyl groups is 1. The van der Waals surface area contributed by atoms with Crippen molar-refractivity contribution in [3.8, 4) is 17.6 Å². The van der Waals surface area contributed by atoms with Gasteiger partial charge in [-0.3, -0.25) is 0 Å². The minimum Gasteiger partial charge on any atom is -0.457 e. The first kappa shape index (κ1) is 19.5. The van der Waals surface area contributed by atoms with Crippen molar-refractivity contribution in [3.05, 3.63) is 58.4 Å². The zero-order valence-corrected chi connectivity index (χ0v) is 14.2. The molecule has 2 aromatic rings. The molecule has 2 aliphatic carbocycles. The molecule has 0 aromatic heterocycles. The molecule has 0 unspecified atom stereocenters. The summed E-state index contributed by atoms with van der Waals surface area (Å²) < 4.78 is 106. The Balaban J connectivity index is 1.95. The van der Waals surface area contributed by atoms with Crippen LogP contribution in [0.2, 0.25) is 0 Å². The van der Waals surface area contributed by atoms with Crippen LogP contribution in [-0.2, 0) is 11.3 Å². The van der Waals surface area contributed by atoms with Gasteiger partial charge in [0.15, 0.2) is 12.3 Å². The van der Waals surface area contributed by atoms with Crippen molar-refractivity contribution in [2.75, 3.05) is 6.61 Å². The van der Waals surface area contributed by atoms with E-state index >= 15 is 0 Å². The first-order valence-electron chi connectivity index (χ1n) is 8.24. The second-order valence-corrected chi connectivity index (χ2v) is 6.87. The zero-order valence-electron chi connectivity index (χ0n) is 14.2. The molecule has 1 N–H and O–H groups in total. The van der Waals surface area contributed by atoms with E-state index in [0.717, 1.165) is 24.3 Å². The van der Waals surface area contributed by atoms with E-state index in [1.54, 1.807) is 6.07 Å². The second kappa shape index (κ2) is 5.86. The standard InChI is InChI=1S/C19H10F7NO2/c20-9-3-8(6-27)4-10(5-9)29-12-2-1-11-14-13(12)15(21)16(22)17(14,7-28)19(25,26)18(11,23)24/h1-5,15-16,28H,7H2/t15-,16-,17-/m1/s1. The van der Waals surface area contributed by atoms with Gasteiger partial charge >= 0.3 is 11.8 Å². The molecule has 29 heavy (non-hydrogen) atoms. The fourth-order valence-corrected chi connectivity index (χ4v) is 4.10. The summed E-state index contributed by atoms with van der Waals surface area (Å²) >= 11 is 0. The number of nitrogens with zero attached hydrogens (tertiary/aromatic N) is 1. The number of aliphatic hydroxyl groups excluding tert-OH is 1. The minimum absolute atomic E-state index is 0.180. The first-order valence-corrected chi connectivity index (χ1v) is 8.24. The maximum Gasteiger partial charge on any atom is 0.336 e. The molecule has 0 aliphatic heterocycles. The van der Waals surface area contributed by atoms with Gasteiger partial charge in [-0.1, -0.05) is 0 Å². The number of alkyl halides is 6. The van der Waals surface area contributed by atoms with Crippen molar-refractivity contribution in [1.29, 1.82) is 5.26 Å². The third-order valence-corrected chi connectivity index (χ3v) is 5.43. The highest BCUT2D eigenvalue weighted by Crippen LogP contribution is 2.70. The predicted molar refractivity (Wildman–Crippen MR) is 84.0 cm³/mol. The van der Waals surface area contributed by atoms with Gasteiger partial charge in [-0.05, 0) is 29.8 Å². The summed E-state index contributed by atoms with van der Waals surface area (Å²) in [7, 11) is 0. The third-order valence-electron chi connectivity index (χ3n) is 5.43. The molecule has 0 bridgehead atoms. The van der Waals surface area contributed by atoms with E-state index in [9.17, 15) is 35.8 Å². The van der Waals surface area contributed by atoms with Crippen LogP contribution in [-0.4, -0.2) is 23.8 Å². The van der Waals surface area contributed by atoms with E-state index in [1.165, 1.54) is 0 Å². The fourth-order valence-electron chi connectivity index (χ4n) is 4.10. The summed E-state index contributed by atoms with van der Waals surface area (Å²) in [6.07, 6.45) is -5.96. The highest BCUT2D eigenvalue weighted by molar-refractivity contribution is 5.63. The lowest BCUT2D eigenvalue weighted by molar-refractivity contribution is -0.255. The molecule has 0 spiro atoms. The van der Waals surface area contributed by atoms with Crippen LogP contribution in [0.15, 0.2) is 30.3 Å². The van der Waals surface area contributed by atoms with Crippen molar-refractivity contribution in [1.82, 2.24) is 0 Å². The highest BCUT2D eigenvalue weighted by Gasteiger charge is 2.82. The zero-order chi connectivity index (χ0) is 21.4. The maximum absolute atomic E-state index is 14.7. The minimum atomic E-state index is -5.10. The molecule has 0 fully saturated rings. The molecule has 0 saturated carbocycles. The number of rotatable bonds is 3. The Morgan fingerprint density at radius 2 is 1.79 bits per heavy atom. The molecular formula is C19H10F7NO2. The Morgan fingerprint density at radius 3 is 2.41 bits per heavy atom. The highest BCUT2D eigenvalue weighted by atomic mass is 19.3. The first-order chi connectivity index (χ1) is 13.5. The largest absolute Gasteiger partial charge is 0.457 e. The second-order valence-electron chi connectivity index (χ2n) is 6.87. The van der Waals surface area contributed by atoms with Crippen molar-refractivity contribution in [2.45, 2.75) is 29.6 Å². The lowest BCUT2D eigenvalue weighted by Gasteiger charge is -2.35. The van der Waals surface area contributed by atoms with Crippen LogP contribution >= 0.6 is 0 Å². The Morgan fingerprint density at radius 1 is 1.10 bits per heavy atom. The summed E-state index contributed by atoms with van der Waals surface area (Å²) in [6.45, 7) is -1.76. The number of ether oxygens (including phenoxy) is 1. The molecule has 3 nitrogen and oxygen atoms in total. The van der Waals surface area contributed by atoms with Crippen LogP contribution in [0.5, 0.6) is 11.5 Å². The molecule has 0 heterocycles. The number of nitriles is 1. The Bertz CT molecular complexity index is 1070. The molecule has 152 valence electrons.